The van der Waals surface area contributed by atoms with E-state index in [4.69, 9.17) is 14.5 Å². The van der Waals surface area contributed by atoms with Crippen LogP contribution in [0.1, 0.15) is 28.9 Å². The molecule has 1 atom stereocenters. The molecule has 0 bridgehead atoms. The number of ether oxygens (including phenoxy) is 1. The summed E-state index contributed by atoms with van der Waals surface area (Å²) in [6.07, 6.45) is 0. The Kier molecular flexibility index (Phi) is 4.13. The summed E-state index contributed by atoms with van der Waals surface area (Å²) >= 11 is 0. The third-order valence-corrected chi connectivity index (χ3v) is 3.63. The molecule has 0 spiro atoms. The minimum absolute atomic E-state index is 0.190. The van der Waals surface area contributed by atoms with Gasteiger partial charge in [-0.2, -0.15) is 10.2 Å². The van der Waals surface area contributed by atoms with Crippen molar-refractivity contribution in [1.29, 1.82) is 5.26 Å². The van der Waals surface area contributed by atoms with E-state index < -0.39 is 0 Å². The fourth-order valence-corrected chi connectivity index (χ4v) is 2.52. The molecule has 2 aromatic rings. The van der Waals surface area contributed by atoms with E-state index in [9.17, 15) is 4.39 Å². The Bertz CT molecular complexity index is 710. The third kappa shape index (κ3) is 2.98. The predicted octanol–water partition coefficient (Wildman–Crippen LogP) is 1.96. The highest BCUT2D eigenvalue weighted by molar-refractivity contribution is 5.37. The van der Waals surface area contributed by atoms with Crippen molar-refractivity contribution >= 4 is 0 Å². The van der Waals surface area contributed by atoms with Crippen LogP contribution in [0, 0.1) is 24.1 Å². The molecule has 1 aliphatic rings. The highest BCUT2D eigenvalue weighted by Crippen LogP contribution is 2.25. The van der Waals surface area contributed by atoms with Crippen molar-refractivity contribution in [2.24, 2.45) is 0 Å². The first-order valence-corrected chi connectivity index (χ1v) is 6.98. The summed E-state index contributed by atoms with van der Waals surface area (Å²) in [5.41, 5.74) is 1.11. The van der Waals surface area contributed by atoms with Gasteiger partial charge in [-0.05, 0) is 30.7 Å². The van der Waals surface area contributed by atoms with Gasteiger partial charge in [-0.25, -0.2) is 4.39 Å². The number of aryl methyl sites for hydroxylation is 1. The van der Waals surface area contributed by atoms with Gasteiger partial charge in [0.25, 0.3) is 0 Å². The predicted molar refractivity (Wildman–Crippen MR) is 74.1 cm³/mol. The molecule has 0 N–H and O–H groups in total. The summed E-state index contributed by atoms with van der Waals surface area (Å²) in [4.78, 5) is 6.31. The van der Waals surface area contributed by atoms with Gasteiger partial charge in [-0.1, -0.05) is 5.16 Å². The van der Waals surface area contributed by atoms with Crippen LogP contribution in [-0.4, -0.2) is 34.8 Å². The van der Waals surface area contributed by atoms with E-state index in [1.165, 1.54) is 18.2 Å². The number of hydrogen-bond donors (Lipinski definition) is 0. The van der Waals surface area contributed by atoms with E-state index in [1.807, 2.05) is 0 Å². The third-order valence-electron chi connectivity index (χ3n) is 3.63. The van der Waals surface area contributed by atoms with Crippen molar-refractivity contribution in [1.82, 2.24) is 15.0 Å². The summed E-state index contributed by atoms with van der Waals surface area (Å²) < 4.78 is 24.2. The van der Waals surface area contributed by atoms with E-state index in [-0.39, 0.29) is 11.9 Å². The normalized spacial score (nSPS) is 19.0. The lowest BCUT2D eigenvalue weighted by atomic mass is 10.1. The number of benzene rings is 1. The van der Waals surface area contributed by atoms with Crippen molar-refractivity contribution in [3.05, 3.63) is 46.9 Å². The van der Waals surface area contributed by atoms with Crippen molar-refractivity contribution < 1.29 is 13.7 Å². The molecule has 1 saturated heterocycles. The second-order valence-electron chi connectivity index (χ2n) is 5.15. The van der Waals surface area contributed by atoms with Crippen molar-refractivity contribution in [3.63, 3.8) is 0 Å². The Morgan fingerprint density at radius 3 is 3.09 bits per heavy atom. The molecule has 22 heavy (non-hydrogen) atoms. The smallest absolute Gasteiger partial charge is 0.246 e. The van der Waals surface area contributed by atoms with Gasteiger partial charge in [-0.15, -0.1) is 0 Å². The number of aromatic nitrogens is 2. The average Bonchev–Trinajstić information content (AvgIpc) is 2.94. The molecule has 7 heteroatoms. The lowest BCUT2D eigenvalue weighted by Crippen LogP contribution is -2.39. The number of nitriles is 1. The Labute approximate surface area is 127 Å². The fourth-order valence-electron chi connectivity index (χ4n) is 2.52. The molecule has 1 aromatic heterocycles. The van der Waals surface area contributed by atoms with E-state index in [0.717, 1.165) is 0 Å². The molecule has 1 fully saturated rings. The van der Waals surface area contributed by atoms with E-state index >= 15 is 0 Å². The average molecular weight is 302 g/mol. The van der Waals surface area contributed by atoms with Crippen LogP contribution >= 0.6 is 0 Å². The van der Waals surface area contributed by atoms with Crippen LogP contribution in [-0.2, 0) is 11.3 Å². The van der Waals surface area contributed by atoms with Gasteiger partial charge in [0, 0.05) is 13.1 Å². The molecule has 0 aliphatic carbocycles. The van der Waals surface area contributed by atoms with Crippen molar-refractivity contribution in [2.75, 3.05) is 19.8 Å². The minimum Gasteiger partial charge on any atom is -0.378 e. The highest BCUT2D eigenvalue weighted by atomic mass is 19.1. The molecular formula is C15H15FN4O2. The number of nitrogens with zero attached hydrogens (tertiary/aromatic N) is 4. The van der Waals surface area contributed by atoms with Gasteiger partial charge in [0.05, 0.1) is 24.8 Å². The lowest BCUT2D eigenvalue weighted by Gasteiger charge is -2.33. The maximum atomic E-state index is 13.5. The molecule has 0 saturated carbocycles. The number of morpholine rings is 1. The van der Waals surface area contributed by atoms with Crippen LogP contribution in [0.25, 0.3) is 0 Å². The SMILES string of the molecule is Cc1noc([C@H]2COCCN2Cc2cc(F)ccc2C#N)n1. The molecule has 3 rings (SSSR count). The van der Waals surface area contributed by atoms with Crippen LogP contribution in [0.4, 0.5) is 4.39 Å². The Morgan fingerprint density at radius 2 is 2.36 bits per heavy atom. The van der Waals surface area contributed by atoms with Gasteiger partial charge in [0.2, 0.25) is 5.89 Å². The first kappa shape index (κ1) is 14.6. The molecule has 1 aliphatic heterocycles. The summed E-state index contributed by atoms with van der Waals surface area (Å²) in [5.74, 6) is 0.684. The van der Waals surface area contributed by atoms with Crippen LogP contribution in [0.15, 0.2) is 22.7 Å². The topological polar surface area (TPSA) is 75.2 Å². The molecule has 0 amide bonds. The molecular weight excluding hydrogens is 287 g/mol. The Balaban J connectivity index is 1.86. The molecule has 2 heterocycles. The Morgan fingerprint density at radius 1 is 1.50 bits per heavy atom. The highest BCUT2D eigenvalue weighted by Gasteiger charge is 2.29. The van der Waals surface area contributed by atoms with Crippen LogP contribution in [0.3, 0.4) is 0 Å². The fraction of sp³-hybridized carbons (Fsp3) is 0.400. The standard InChI is InChI=1S/C15H15FN4O2/c1-10-18-15(22-19-10)14-9-21-5-4-20(14)8-12-6-13(16)3-2-11(12)7-17/h2-3,6,14H,4-5,8-9H2,1H3/t14-/m1/s1. The monoisotopic (exact) mass is 302 g/mol. The molecule has 6 nitrogen and oxygen atoms in total. The van der Waals surface area contributed by atoms with Crippen LogP contribution in [0.5, 0.6) is 0 Å². The van der Waals surface area contributed by atoms with Gasteiger partial charge in [0.1, 0.15) is 11.9 Å². The van der Waals surface area contributed by atoms with Crippen molar-refractivity contribution in [2.45, 2.75) is 19.5 Å². The van der Waals surface area contributed by atoms with Gasteiger partial charge < -0.3 is 9.26 Å². The maximum Gasteiger partial charge on any atom is 0.246 e. The summed E-state index contributed by atoms with van der Waals surface area (Å²) in [7, 11) is 0. The lowest BCUT2D eigenvalue weighted by molar-refractivity contribution is -0.0241. The van der Waals surface area contributed by atoms with E-state index in [1.54, 1.807) is 6.92 Å². The molecule has 1 aromatic carbocycles. The summed E-state index contributed by atoms with van der Waals surface area (Å²) in [5, 5.41) is 13.0. The molecule has 0 unspecified atom stereocenters. The van der Waals surface area contributed by atoms with Crippen LogP contribution in [0.2, 0.25) is 0 Å². The second kappa shape index (κ2) is 6.22. The minimum atomic E-state index is -0.354. The molecule has 0 radical (unpaired) electrons. The van der Waals surface area contributed by atoms with E-state index in [0.29, 0.717) is 49.1 Å². The maximum absolute atomic E-state index is 13.5. The van der Waals surface area contributed by atoms with E-state index in [2.05, 4.69) is 21.1 Å². The van der Waals surface area contributed by atoms with Gasteiger partial charge >= 0.3 is 0 Å². The zero-order chi connectivity index (χ0) is 15.5. The zero-order valence-electron chi connectivity index (χ0n) is 12.1. The van der Waals surface area contributed by atoms with Crippen LogP contribution < -0.4 is 0 Å². The zero-order valence-corrected chi connectivity index (χ0v) is 12.1. The summed E-state index contributed by atoms with van der Waals surface area (Å²) in [6.45, 7) is 3.82. The largest absolute Gasteiger partial charge is 0.378 e. The number of halogens is 1. The van der Waals surface area contributed by atoms with Gasteiger partial charge in [-0.3, -0.25) is 4.90 Å². The quantitative estimate of drug-likeness (QED) is 0.863. The van der Waals surface area contributed by atoms with Crippen molar-refractivity contribution in [3.8, 4) is 6.07 Å². The first-order chi connectivity index (χ1) is 10.7. The summed E-state index contributed by atoms with van der Waals surface area (Å²) in [6, 6.07) is 6.09. The Hall–Kier alpha value is -2.30. The number of hydrogen-bond acceptors (Lipinski definition) is 6. The van der Waals surface area contributed by atoms with Gasteiger partial charge in [0.15, 0.2) is 5.82 Å². The first-order valence-electron chi connectivity index (χ1n) is 6.98. The molecule has 114 valence electrons. The number of rotatable bonds is 3. The second-order valence-corrected chi connectivity index (χ2v) is 5.15.